The van der Waals surface area contributed by atoms with Crippen LogP contribution >= 0.6 is 11.6 Å². The van der Waals surface area contributed by atoms with Crippen molar-refractivity contribution in [2.24, 2.45) is 0 Å². The van der Waals surface area contributed by atoms with E-state index in [1.807, 2.05) is 0 Å². The van der Waals surface area contributed by atoms with Crippen LogP contribution in [-0.4, -0.2) is 24.3 Å². The number of carbonyl (C=O) groups is 1. The first-order valence-electron chi connectivity index (χ1n) is 6.35. The maximum atomic E-state index is 11.5. The number of rotatable bonds is 5. The third-order valence-corrected chi connectivity index (χ3v) is 3.94. The summed E-state index contributed by atoms with van der Waals surface area (Å²) < 4.78 is 11.2. The van der Waals surface area contributed by atoms with E-state index in [2.05, 4.69) is 0 Å². The number of hydrogen-bond donors (Lipinski definition) is 1. The largest absolute Gasteiger partial charge is 0.493 e. The Morgan fingerprint density at radius 2 is 2.11 bits per heavy atom. The Bertz CT molecular complexity index is 532. The number of carboxylic acids is 1. The molecule has 2 aliphatic rings. The molecule has 0 radical (unpaired) electrons. The van der Waals surface area contributed by atoms with Crippen LogP contribution in [0, 0.1) is 0 Å². The van der Waals surface area contributed by atoms with Crippen molar-refractivity contribution < 1.29 is 19.4 Å². The predicted molar refractivity (Wildman–Crippen MR) is 70.2 cm³/mol. The van der Waals surface area contributed by atoms with Crippen LogP contribution in [-0.2, 0) is 10.2 Å². The van der Waals surface area contributed by atoms with Gasteiger partial charge in [0.2, 0.25) is 0 Å². The second-order valence-electron chi connectivity index (χ2n) is 5.19. The van der Waals surface area contributed by atoms with Gasteiger partial charge in [-0.25, -0.2) is 0 Å². The van der Waals surface area contributed by atoms with Gasteiger partial charge in [0, 0.05) is 16.7 Å². The summed E-state index contributed by atoms with van der Waals surface area (Å²) in [5.41, 5.74) is -0.196. The van der Waals surface area contributed by atoms with Crippen LogP contribution < -0.4 is 9.47 Å². The van der Waals surface area contributed by atoms with Crippen LogP contribution in [0.5, 0.6) is 11.5 Å². The van der Waals surface area contributed by atoms with Gasteiger partial charge < -0.3 is 14.6 Å². The number of hydrogen-bond acceptors (Lipinski definition) is 3. The lowest BCUT2D eigenvalue weighted by atomic mass is 9.94. The molecule has 19 heavy (non-hydrogen) atoms. The molecular weight excluding hydrogens is 268 g/mol. The first-order valence-corrected chi connectivity index (χ1v) is 6.73. The van der Waals surface area contributed by atoms with E-state index in [4.69, 9.17) is 21.1 Å². The number of aliphatic carboxylic acids is 1. The molecule has 1 aromatic carbocycles. The highest BCUT2D eigenvalue weighted by Crippen LogP contribution is 2.55. The molecule has 4 nitrogen and oxygen atoms in total. The topological polar surface area (TPSA) is 55.8 Å². The molecule has 0 bridgehead atoms. The van der Waals surface area contributed by atoms with E-state index < -0.39 is 11.4 Å². The number of methoxy groups -OCH3 is 1. The lowest BCUT2D eigenvalue weighted by Crippen LogP contribution is -2.21. The summed E-state index contributed by atoms with van der Waals surface area (Å²) in [6, 6.07) is 3.36. The Balaban J connectivity index is 2.10. The van der Waals surface area contributed by atoms with E-state index in [0.717, 1.165) is 12.8 Å². The van der Waals surface area contributed by atoms with Crippen LogP contribution in [0.25, 0.3) is 0 Å². The van der Waals surface area contributed by atoms with Gasteiger partial charge in [-0.05, 0) is 31.7 Å². The number of halogens is 1. The summed E-state index contributed by atoms with van der Waals surface area (Å²) >= 11 is 6.06. The maximum absolute atomic E-state index is 11.5. The van der Waals surface area contributed by atoms with Gasteiger partial charge >= 0.3 is 5.97 Å². The van der Waals surface area contributed by atoms with Gasteiger partial charge in [0.25, 0.3) is 0 Å². The average molecular weight is 283 g/mol. The maximum Gasteiger partial charge on any atom is 0.314 e. The third kappa shape index (κ3) is 2.14. The van der Waals surface area contributed by atoms with E-state index in [-0.39, 0.29) is 6.10 Å². The average Bonchev–Trinajstić information content (AvgIpc) is 3.25. The summed E-state index contributed by atoms with van der Waals surface area (Å²) in [6.45, 7) is 0. The van der Waals surface area contributed by atoms with Gasteiger partial charge in [0.1, 0.15) is 0 Å². The molecule has 0 saturated heterocycles. The minimum absolute atomic E-state index is 0.179. The standard InChI is InChI=1S/C14H15ClO4/c1-18-11-7-8(15)6-10(12(11)19-9-2-3-9)14(4-5-14)13(16)17/h6-7,9H,2-5H2,1H3,(H,16,17). The van der Waals surface area contributed by atoms with Gasteiger partial charge in [-0.3, -0.25) is 4.79 Å². The van der Waals surface area contributed by atoms with Crippen molar-refractivity contribution in [3.8, 4) is 11.5 Å². The second-order valence-corrected chi connectivity index (χ2v) is 5.63. The van der Waals surface area contributed by atoms with Gasteiger partial charge in [-0.2, -0.15) is 0 Å². The fourth-order valence-electron chi connectivity index (χ4n) is 2.27. The lowest BCUT2D eigenvalue weighted by molar-refractivity contribution is -0.140. The molecule has 0 unspecified atom stereocenters. The molecule has 0 aliphatic heterocycles. The van der Waals surface area contributed by atoms with Gasteiger partial charge in [-0.15, -0.1) is 0 Å². The Kier molecular flexibility index (Phi) is 2.86. The highest BCUT2D eigenvalue weighted by atomic mass is 35.5. The predicted octanol–water partition coefficient (Wildman–Crippen LogP) is 3.01. The fourth-order valence-corrected chi connectivity index (χ4v) is 2.48. The minimum Gasteiger partial charge on any atom is -0.493 e. The van der Waals surface area contributed by atoms with Crippen molar-refractivity contribution in [1.29, 1.82) is 0 Å². The molecule has 1 N–H and O–H groups in total. The van der Waals surface area contributed by atoms with Crippen molar-refractivity contribution >= 4 is 17.6 Å². The van der Waals surface area contributed by atoms with Crippen LogP contribution in [0.1, 0.15) is 31.2 Å². The molecule has 5 heteroatoms. The number of ether oxygens (including phenoxy) is 2. The Morgan fingerprint density at radius 3 is 2.58 bits per heavy atom. The molecule has 0 spiro atoms. The van der Waals surface area contributed by atoms with Crippen LogP contribution in [0.15, 0.2) is 12.1 Å². The van der Waals surface area contributed by atoms with Crippen molar-refractivity contribution in [3.63, 3.8) is 0 Å². The normalized spacial score (nSPS) is 19.9. The van der Waals surface area contributed by atoms with Crippen molar-refractivity contribution in [2.45, 2.75) is 37.2 Å². The van der Waals surface area contributed by atoms with E-state index in [9.17, 15) is 9.90 Å². The minimum atomic E-state index is -0.845. The molecular formula is C14H15ClO4. The number of benzene rings is 1. The van der Waals surface area contributed by atoms with Crippen molar-refractivity contribution in [3.05, 3.63) is 22.7 Å². The molecule has 3 rings (SSSR count). The molecule has 2 fully saturated rings. The Labute approximate surface area is 116 Å². The summed E-state index contributed by atoms with van der Waals surface area (Å²) in [7, 11) is 1.54. The summed E-state index contributed by atoms with van der Waals surface area (Å²) in [4.78, 5) is 11.5. The van der Waals surface area contributed by atoms with E-state index in [1.165, 1.54) is 7.11 Å². The molecule has 2 aliphatic carbocycles. The molecule has 0 aromatic heterocycles. The van der Waals surface area contributed by atoms with Gasteiger partial charge in [0.15, 0.2) is 11.5 Å². The SMILES string of the molecule is COc1cc(Cl)cc(C2(C(=O)O)CC2)c1OC1CC1. The van der Waals surface area contributed by atoms with Gasteiger partial charge in [-0.1, -0.05) is 11.6 Å². The van der Waals surface area contributed by atoms with Crippen LogP contribution in [0.4, 0.5) is 0 Å². The smallest absolute Gasteiger partial charge is 0.314 e. The van der Waals surface area contributed by atoms with Crippen molar-refractivity contribution in [1.82, 2.24) is 0 Å². The highest BCUT2D eigenvalue weighted by molar-refractivity contribution is 6.31. The molecule has 0 atom stereocenters. The zero-order valence-corrected chi connectivity index (χ0v) is 11.4. The van der Waals surface area contributed by atoms with E-state index >= 15 is 0 Å². The first-order chi connectivity index (χ1) is 9.06. The quantitative estimate of drug-likeness (QED) is 0.902. The van der Waals surface area contributed by atoms with E-state index in [1.54, 1.807) is 12.1 Å². The van der Waals surface area contributed by atoms with Crippen LogP contribution in [0.2, 0.25) is 5.02 Å². The first kappa shape index (κ1) is 12.6. The highest BCUT2D eigenvalue weighted by Gasteiger charge is 2.54. The fraction of sp³-hybridized carbons (Fsp3) is 0.500. The Hall–Kier alpha value is -1.42. The van der Waals surface area contributed by atoms with Crippen molar-refractivity contribution in [2.75, 3.05) is 7.11 Å². The zero-order chi connectivity index (χ0) is 13.6. The summed E-state index contributed by atoms with van der Waals surface area (Å²) in [5, 5.41) is 9.92. The number of carboxylic acid groups (broad SMARTS) is 1. The van der Waals surface area contributed by atoms with E-state index in [0.29, 0.717) is 34.9 Å². The second kappa shape index (κ2) is 4.30. The molecule has 1 aromatic rings. The molecule has 2 saturated carbocycles. The zero-order valence-electron chi connectivity index (χ0n) is 10.6. The Morgan fingerprint density at radius 1 is 1.42 bits per heavy atom. The molecule has 102 valence electrons. The summed E-state index contributed by atoms with van der Waals surface area (Å²) in [5.74, 6) is 0.244. The summed E-state index contributed by atoms with van der Waals surface area (Å²) in [6.07, 6.45) is 3.43. The molecule has 0 heterocycles. The van der Waals surface area contributed by atoms with Crippen LogP contribution in [0.3, 0.4) is 0 Å². The van der Waals surface area contributed by atoms with Gasteiger partial charge in [0.05, 0.1) is 18.6 Å². The lowest BCUT2D eigenvalue weighted by Gasteiger charge is -2.19. The molecule has 0 amide bonds. The third-order valence-electron chi connectivity index (χ3n) is 3.72. The monoisotopic (exact) mass is 282 g/mol.